The van der Waals surface area contributed by atoms with Crippen molar-refractivity contribution in [2.45, 2.75) is 37.5 Å². The molecule has 0 aromatic heterocycles. The van der Waals surface area contributed by atoms with E-state index in [1.807, 2.05) is 30.3 Å². The van der Waals surface area contributed by atoms with Crippen LogP contribution in [0.15, 0.2) is 54.6 Å². The number of aliphatic hydroxyl groups is 1. The molecule has 138 valence electrons. The Bertz CT molecular complexity index is 715. The summed E-state index contributed by atoms with van der Waals surface area (Å²) in [6.45, 7) is 4.60. The van der Waals surface area contributed by atoms with E-state index in [2.05, 4.69) is 21.9 Å². The lowest BCUT2D eigenvalue weighted by Crippen LogP contribution is -2.60. The number of likely N-dealkylation sites (tertiary alicyclic amines) is 2. The number of nitrogens with zero attached hydrogens (tertiary/aromatic N) is 2. The molecule has 26 heavy (non-hydrogen) atoms. The standard InChI is InChI=1S/C22H27FN2O/c23-20-10-8-18(9-11-20)16-24-15-12-22(26,19-6-2-1-3-7-19)21(17-24)25-13-4-5-14-25/h1-3,6-11,21,26H,4-5,12-17H2/t21-,22+/m1/s1. The third-order valence-electron chi connectivity index (χ3n) is 5.97. The second-order valence-electron chi connectivity index (χ2n) is 7.66. The molecule has 1 N–H and O–H groups in total. The zero-order chi connectivity index (χ0) is 18.0. The molecule has 2 fully saturated rings. The van der Waals surface area contributed by atoms with E-state index in [0.717, 1.165) is 50.3 Å². The molecule has 0 aliphatic carbocycles. The van der Waals surface area contributed by atoms with Gasteiger partial charge >= 0.3 is 0 Å². The second-order valence-corrected chi connectivity index (χ2v) is 7.66. The Kier molecular flexibility index (Phi) is 5.07. The molecule has 2 saturated heterocycles. The maximum Gasteiger partial charge on any atom is 0.123 e. The Morgan fingerprint density at radius 1 is 0.962 bits per heavy atom. The quantitative estimate of drug-likeness (QED) is 0.912. The third-order valence-corrected chi connectivity index (χ3v) is 5.97. The van der Waals surface area contributed by atoms with Gasteiger partial charge in [0.25, 0.3) is 0 Å². The van der Waals surface area contributed by atoms with Gasteiger partial charge in [-0.05, 0) is 55.6 Å². The molecule has 2 aliphatic heterocycles. The maximum absolute atomic E-state index is 13.2. The molecular weight excluding hydrogens is 327 g/mol. The van der Waals surface area contributed by atoms with Gasteiger partial charge in [-0.25, -0.2) is 4.39 Å². The van der Waals surface area contributed by atoms with E-state index in [4.69, 9.17) is 0 Å². The highest BCUT2D eigenvalue weighted by Gasteiger charge is 2.46. The lowest BCUT2D eigenvalue weighted by Gasteiger charge is -2.48. The van der Waals surface area contributed by atoms with Crippen molar-refractivity contribution in [3.05, 3.63) is 71.5 Å². The Labute approximate surface area is 155 Å². The minimum absolute atomic E-state index is 0.0987. The van der Waals surface area contributed by atoms with E-state index < -0.39 is 5.60 Å². The summed E-state index contributed by atoms with van der Waals surface area (Å²) in [5, 5.41) is 11.7. The normalized spacial score (nSPS) is 27.7. The van der Waals surface area contributed by atoms with Gasteiger partial charge in [-0.15, -0.1) is 0 Å². The lowest BCUT2D eigenvalue weighted by atomic mass is 9.79. The van der Waals surface area contributed by atoms with Crippen LogP contribution >= 0.6 is 0 Å². The average molecular weight is 354 g/mol. The molecule has 0 unspecified atom stereocenters. The molecule has 4 heteroatoms. The zero-order valence-electron chi connectivity index (χ0n) is 15.1. The second kappa shape index (κ2) is 7.47. The molecule has 3 nitrogen and oxygen atoms in total. The van der Waals surface area contributed by atoms with E-state index in [1.54, 1.807) is 0 Å². The van der Waals surface area contributed by atoms with Gasteiger partial charge in [-0.2, -0.15) is 0 Å². The molecular formula is C22H27FN2O. The molecule has 2 aromatic carbocycles. The van der Waals surface area contributed by atoms with Crippen LogP contribution in [0.1, 0.15) is 30.4 Å². The van der Waals surface area contributed by atoms with Crippen molar-refractivity contribution in [1.82, 2.24) is 9.80 Å². The number of benzene rings is 2. The van der Waals surface area contributed by atoms with Crippen LogP contribution in [0.3, 0.4) is 0 Å². The van der Waals surface area contributed by atoms with E-state index in [0.29, 0.717) is 0 Å². The minimum atomic E-state index is -0.801. The van der Waals surface area contributed by atoms with Crippen molar-refractivity contribution in [3.63, 3.8) is 0 Å². The Morgan fingerprint density at radius 2 is 1.65 bits per heavy atom. The highest BCUT2D eigenvalue weighted by Crippen LogP contribution is 2.37. The van der Waals surface area contributed by atoms with Crippen molar-refractivity contribution in [3.8, 4) is 0 Å². The van der Waals surface area contributed by atoms with Gasteiger partial charge < -0.3 is 5.11 Å². The van der Waals surface area contributed by atoms with E-state index >= 15 is 0 Å². The fourth-order valence-electron chi connectivity index (χ4n) is 4.51. The first-order valence-electron chi connectivity index (χ1n) is 9.64. The fraction of sp³-hybridized carbons (Fsp3) is 0.455. The van der Waals surface area contributed by atoms with Gasteiger partial charge in [-0.3, -0.25) is 9.80 Å². The van der Waals surface area contributed by atoms with Gasteiger partial charge in [0.05, 0.1) is 6.04 Å². The Balaban J connectivity index is 1.55. The number of hydrogen-bond donors (Lipinski definition) is 1. The molecule has 0 radical (unpaired) electrons. The predicted molar refractivity (Wildman–Crippen MR) is 101 cm³/mol. The summed E-state index contributed by atoms with van der Waals surface area (Å²) in [5.74, 6) is -0.194. The average Bonchev–Trinajstić information content (AvgIpc) is 3.20. The highest BCUT2D eigenvalue weighted by atomic mass is 19.1. The van der Waals surface area contributed by atoms with E-state index in [1.165, 1.54) is 25.0 Å². The van der Waals surface area contributed by atoms with Crippen LogP contribution in [-0.4, -0.2) is 47.1 Å². The monoisotopic (exact) mass is 354 g/mol. The number of piperidine rings is 1. The van der Waals surface area contributed by atoms with Crippen LogP contribution in [0.25, 0.3) is 0 Å². The summed E-state index contributed by atoms with van der Waals surface area (Å²) in [6.07, 6.45) is 3.14. The van der Waals surface area contributed by atoms with Crippen molar-refractivity contribution < 1.29 is 9.50 Å². The van der Waals surface area contributed by atoms with Crippen molar-refractivity contribution >= 4 is 0 Å². The van der Waals surface area contributed by atoms with Crippen LogP contribution in [0.5, 0.6) is 0 Å². The first kappa shape index (κ1) is 17.7. The molecule has 2 heterocycles. The van der Waals surface area contributed by atoms with E-state index in [-0.39, 0.29) is 11.9 Å². The van der Waals surface area contributed by atoms with Crippen molar-refractivity contribution in [2.75, 3.05) is 26.2 Å². The first-order chi connectivity index (χ1) is 12.6. The molecule has 0 bridgehead atoms. The smallest absolute Gasteiger partial charge is 0.123 e. The zero-order valence-corrected chi connectivity index (χ0v) is 15.1. The highest BCUT2D eigenvalue weighted by molar-refractivity contribution is 5.26. The number of halogens is 1. The lowest BCUT2D eigenvalue weighted by molar-refractivity contribution is -0.0959. The van der Waals surface area contributed by atoms with E-state index in [9.17, 15) is 9.50 Å². The molecule has 2 aliphatic rings. The largest absolute Gasteiger partial charge is 0.383 e. The summed E-state index contributed by atoms with van der Waals surface area (Å²) in [5.41, 5.74) is 1.35. The SMILES string of the molecule is O[C@]1(c2ccccc2)CCN(Cc2ccc(F)cc2)C[C@H]1N1CCCC1. The molecule has 0 spiro atoms. The molecule has 4 rings (SSSR count). The Hall–Kier alpha value is -1.75. The van der Waals surface area contributed by atoms with Gasteiger partial charge in [0.2, 0.25) is 0 Å². The van der Waals surface area contributed by atoms with Crippen LogP contribution < -0.4 is 0 Å². The summed E-state index contributed by atoms with van der Waals surface area (Å²) in [6, 6.07) is 17.0. The van der Waals surface area contributed by atoms with Crippen LogP contribution in [-0.2, 0) is 12.1 Å². The van der Waals surface area contributed by atoms with Crippen molar-refractivity contribution in [2.24, 2.45) is 0 Å². The summed E-state index contributed by atoms with van der Waals surface area (Å²) in [7, 11) is 0. The van der Waals surface area contributed by atoms with Crippen LogP contribution in [0, 0.1) is 5.82 Å². The molecule has 2 aromatic rings. The fourth-order valence-corrected chi connectivity index (χ4v) is 4.51. The minimum Gasteiger partial charge on any atom is -0.383 e. The molecule has 0 amide bonds. The summed E-state index contributed by atoms with van der Waals surface area (Å²) < 4.78 is 13.2. The topological polar surface area (TPSA) is 26.7 Å². The maximum atomic E-state index is 13.2. The van der Waals surface area contributed by atoms with Gasteiger partial charge in [-0.1, -0.05) is 42.5 Å². The molecule has 2 atom stereocenters. The first-order valence-corrected chi connectivity index (χ1v) is 9.64. The van der Waals surface area contributed by atoms with Crippen molar-refractivity contribution in [1.29, 1.82) is 0 Å². The van der Waals surface area contributed by atoms with Gasteiger partial charge in [0.1, 0.15) is 11.4 Å². The molecule has 0 saturated carbocycles. The Morgan fingerprint density at radius 3 is 2.35 bits per heavy atom. The summed E-state index contributed by atoms with van der Waals surface area (Å²) in [4.78, 5) is 4.86. The van der Waals surface area contributed by atoms with Gasteiger partial charge in [0, 0.05) is 19.6 Å². The van der Waals surface area contributed by atoms with Crippen LogP contribution in [0.4, 0.5) is 4.39 Å². The van der Waals surface area contributed by atoms with Gasteiger partial charge in [0.15, 0.2) is 0 Å². The summed E-state index contributed by atoms with van der Waals surface area (Å²) >= 11 is 0. The van der Waals surface area contributed by atoms with Crippen LogP contribution in [0.2, 0.25) is 0 Å². The number of hydrogen-bond acceptors (Lipinski definition) is 3. The third kappa shape index (κ3) is 3.54. The number of rotatable bonds is 4. The predicted octanol–water partition coefficient (Wildman–Crippen LogP) is 3.38.